The molecule has 2 bridgehead atoms. The molecule has 1 fully saturated rings. The molecule has 8 nitrogen and oxygen atoms in total. The van der Waals surface area contributed by atoms with Crippen molar-refractivity contribution in [3.8, 4) is 23.5 Å². The molecule has 0 saturated carbocycles. The van der Waals surface area contributed by atoms with Gasteiger partial charge in [-0.05, 0) is 49.1 Å². The molecule has 25 heavy (non-hydrogen) atoms. The molecule has 1 aromatic carbocycles. The minimum absolute atomic E-state index is 0.0903. The van der Waals surface area contributed by atoms with E-state index >= 15 is 0 Å². The van der Waals surface area contributed by atoms with Crippen LogP contribution in [-0.4, -0.2) is 25.1 Å². The van der Waals surface area contributed by atoms with Gasteiger partial charge in [-0.1, -0.05) is 0 Å². The Morgan fingerprint density at radius 2 is 1.68 bits per heavy atom. The first kappa shape index (κ1) is 14.3. The van der Waals surface area contributed by atoms with Gasteiger partial charge in [-0.15, -0.1) is 0 Å². The first-order valence-electron chi connectivity index (χ1n) is 7.93. The molecule has 126 valence electrons. The van der Waals surface area contributed by atoms with Gasteiger partial charge in [0, 0.05) is 0 Å². The number of aromatic nitrogens is 3. The third kappa shape index (κ3) is 1.49. The highest BCUT2D eigenvalue weighted by Gasteiger charge is 2.59. The highest BCUT2D eigenvalue weighted by atomic mass is 16.6. The van der Waals surface area contributed by atoms with E-state index in [1.165, 1.54) is 4.57 Å². The number of nitriles is 1. The molecule has 0 spiro atoms. The van der Waals surface area contributed by atoms with Crippen molar-refractivity contribution in [2.75, 3.05) is 0 Å². The second kappa shape index (κ2) is 4.13. The van der Waals surface area contributed by atoms with Crippen molar-refractivity contribution in [2.24, 2.45) is 0 Å². The summed E-state index contributed by atoms with van der Waals surface area (Å²) >= 11 is 0. The molecule has 8 heteroatoms. The van der Waals surface area contributed by atoms with Gasteiger partial charge in [0.25, 0.3) is 0 Å². The van der Waals surface area contributed by atoms with Crippen LogP contribution in [0.5, 0.6) is 11.8 Å². The summed E-state index contributed by atoms with van der Waals surface area (Å²) in [5.41, 5.74) is 1.22. The molecule has 3 aromatic rings. The van der Waals surface area contributed by atoms with Gasteiger partial charge >= 0.3 is 0 Å². The molecule has 2 aliphatic rings. The van der Waals surface area contributed by atoms with E-state index in [4.69, 9.17) is 9.37 Å². The molecule has 2 aromatic heterocycles. The van der Waals surface area contributed by atoms with Crippen LogP contribution in [0.2, 0.25) is 0 Å². The largest absolute Gasteiger partial charge is 0.494 e. The Balaban J connectivity index is 1.85. The minimum atomic E-state index is -0.634. The smallest absolute Gasteiger partial charge is 0.205 e. The quantitative estimate of drug-likeness (QED) is 0.700. The Labute approximate surface area is 141 Å². The Hall–Kier alpha value is -3.05. The maximum absolute atomic E-state index is 10.9. The van der Waals surface area contributed by atoms with E-state index in [0.29, 0.717) is 27.9 Å². The zero-order valence-electron chi connectivity index (χ0n) is 13.6. The van der Waals surface area contributed by atoms with Gasteiger partial charge < -0.3 is 14.9 Å². The summed E-state index contributed by atoms with van der Waals surface area (Å²) in [5, 5.41) is 38.6. The van der Waals surface area contributed by atoms with E-state index in [2.05, 4.69) is 10.3 Å². The van der Waals surface area contributed by atoms with E-state index in [9.17, 15) is 15.5 Å². The lowest BCUT2D eigenvalue weighted by molar-refractivity contribution is -0.0683. The molecule has 0 aliphatic carbocycles. The third-order valence-electron chi connectivity index (χ3n) is 5.46. The number of hydrogen-bond donors (Lipinski definition) is 2. The van der Waals surface area contributed by atoms with Gasteiger partial charge in [-0.25, -0.2) is 9.20 Å². The molecule has 0 amide bonds. The van der Waals surface area contributed by atoms with Gasteiger partial charge in [0.15, 0.2) is 11.0 Å². The van der Waals surface area contributed by atoms with Gasteiger partial charge in [-0.3, -0.25) is 0 Å². The fourth-order valence-corrected chi connectivity index (χ4v) is 4.33. The Bertz CT molecular complexity index is 1070. The topological polar surface area (TPSA) is 117 Å². The highest BCUT2D eigenvalue weighted by Crippen LogP contribution is 2.64. The molecule has 0 radical (unpaired) electrons. The molecule has 0 unspecified atom stereocenters. The van der Waals surface area contributed by atoms with Crippen LogP contribution in [0.4, 0.5) is 0 Å². The highest BCUT2D eigenvalue weighted by molar-refractivity contribution is 5.88. The normalized spacial score (nSPS) is 26.9. The van der Waals surface area contributed by atoms with E-state index < -0.39 is 11.2 Å². The van der Waals surface area contributed by atoms with Crippen molar-refractivity contribution < 1.29 is 19.6 Å². The number of fused-ring (bicyclic) bond motifs is 6. The summed E-state index contributed by atoms with van der Waals surface area (Å²) in [6, 6.07) is 5.18. The lowest BCUT2D eigenvalue weighted by Crippen LogP contribution is -2.17. The number of rotatable bonds is 1. The molecule has 2 atom stereocenters. The summed E-state index contributed by atoms with van der Waals surface area (Å²) in [6.45, 7) is 3.83. The maximum Gasteiger partial charge on any atom is 0.205 e. The molecule has 1 saturated heterocycles. The van der Waals surface area contributed by atoms with Crippen molar-refractivity contribution in [1.82, 2.24) is 14.9 Å². The summed E-state index contributed by atoms with van der Waals surface area (Å²) < 4.78 is 12.2. The lowest BCUT2D eigenvalue weighted by atomic mass is 9.80. The number of benzene rings is 1. The number of nitrogens with zero attached hydrogens (tertiary/aromatic N) is 4. The van der Waals surface area contributed by atoms with Crippen LogP contribution in [-0.2, 0) is 15.9 Å². The summed E-state index contributed by atoms with van der Waals surface area (Å²) in [6.07, 6.45) is 1.53. The van der Waals surface area contributed by atoms with Crippen LogP contribution < -0.4 is 0 Å². The van der Waals surface area contributed by atoms with Gasteiger partial charge in [0.2, 0.25) is 11.8 Å². The van der Waals surface area contributed by atoms with Crippen molar-refractivity contribution >= 4 is 11.0 Å². The van der Waals surface area contributed by atoms with Crippen molar-refractivity contribution in [2.45, 2.75) is 37.9 Å². The minimum Gasteiger partial charge on any atom is -0.494 e. The van der Waals surface area contributed by atoms with E-state index in [1.807, 2.05) is 19.9 Å². The van der Waals surface area contributed by atoms with Gasteiger partial charge in [0.1, 0.15) is 6.07 Å². The zero-order chi connectivity index (χ0) is 17.6. The van der Waals surface area contributed by atoms with Crippen LogP contribution in [0, 0.1) is 11.3 Å². The van der Waals surface area contributed by atoms with E-state index in [1.54, 1.807) is 12.1 Å². The first-order valence-corrected chi connectivity index (χ1v) is 7.93. The summed E-state index contributed by atoms with van der Waals surface area (Å²) in [4.78, 5) is 0. The molecule has 2 aliphatic heterocycles. The average molecular weight is 338 g/mol. The maximum atomic E-state index is 10.9. The van der Waals surface area contributed by atoms with Crippen LogP contribution in [0.3, 0.4) is 0 Å². The SMILES string of the molecule is C[C@]12CC[C@](C)(O1)c1c2c(O)n(-c2ccc(C#N)c3nonc23)c1O. The van der Waals surface area contributed by atoms with E-state index in [-0.39, 0.29) is 17.3 Å². The zero-order valence-corrected chi connectivity index (χ0v) is 13.6. The van der Waals surface area contributed by atoms with E-state index in [0.717, 1.165) is 12.8 Å². The number of hydrogen-bond acceptors (Lipinski definition) is 7. The van der Waals surface area contributed by atoms with Crippen molar-refractivity contribution in [3.05, 3.63) is 28.8 Å². The second-order valence-corrected chi connectivity index (χ2v) is 7.00. The third-order valence-corrected chi connectivity index (χ3v) is 5.46. The predicted octanol–water partition coefficient (Wildman–Crippen LogP) is 2.55. The molecular weight excluding hydrogens is 324 g/mol. The summed E-state index contributed by atoms with van der Waals surface area (Å²) in [7, 11) is 0. The first-order chi connectivity index (χ1) is 11.9. The number of ether oxygens (including phenoxy) is 1. The second-order valence-electron chi connectivity index (χ2n) is 7.00. The van der Waals surface area contributed by atoms with Crippen LogP contribution in [0.1, 0.15) is 43.4 Å². The fourth-order valence-electron chi connectivity index (χ4n) is 4.33. The van der Waals surface area contributed by atoms with Crippen LogP contribution >= 0.6 is 0 Å². The average Bonchev–Trinajstić information content (AvgIpc) is 3.28. The van der Waals surface area contributed by atoms with Crippen LogP contribution in [0.15, 0.2) is 16.8 Å². The van der Waals surface area contributed by atoms with Crippen molar-refractivity contribution in [1.29, 1.82) is 5.26 Å². The predicted molar refractivity (Wildman–Crippen MR) is 84.2 cm³/mol. The molecule has 4 heterocycles. The Kier molecular flexibility index (Phi) is 2.36. The molecule has 5 rings (SSSR count). The standard InChI is InChI=1S/C17H14N4O4/c1-16-5-6-17(2,24-16)11-10(16)14(22)21(15(11)23)9-4-3-8(7-18)12-13(9)20-25-19-12/h3-4,22-23H,5-6H2,1-2H3/t16-,17+. The molecule has 2 N–H and O–H groups in total. The fraction of sp³-hybridized carbons (Fsp3) is 0.353. The Morgan fingerprint density at radius 3 is 2.28 bits per heavy atom. The van der Waals surface area contributed by atoms with Gasteiger partial charge in [-0.2, -0.15) is 5.26 Å². The Morgan fingerprint density at radius 1 is 1.08 bits per heavy atom. The van der Waals surface area contributed by atoms with Gasteiger partial charge in [0.05, 0.1) is 33.6 Å². The summed E-state index contributed by atoms with van der Waals surface area (Å²) in [5.74, 6) is -0.181. The van der Waals surface area contributed by atoms with Crippen molar-refractivity contribution in [3.63, 3.8) is 0 Å². The monoisotopic (exact) mass is 338 g/mol. The number of aromatic hydroxyl groups is 2. The van der Waals surface area contributed by atoms with Crippen LogP contribution in [0.25, 0.3) is 16.7 Å². The lowest BCUT2D eigenvalue weighted by Gasteiger charge is -2.21. The molecular formula is C17H14N4O4.